The first kappa shape index (κ1) is 19.4. The number of aryl methyl sites for hydroxylation is 3. The van der Waals surface area contributed by atoms with E-state index in [-0.39, 0.29) is 5.91 Å². The van der Waals surface area contributed by atoms with Crippen molar-refractivity contribution in [2.24, 2.45) is 7.05 Å². The predicted octanol–water partition coefficient (Wildman–Crippen LogP) is 3.95. The SMILES string of the molecule is Cc1ccc(COCc2nn(C)c3c2CN(C(=O)c2ccccc2C)CC3)cc1. The van der Waals surface area contributed by atoms with Gasteiger partial charge in [0.2, 0.25) is 0 Å². The van der Waals surface area contributed by atoms with Gasteiger partial charge in [-0.1, -0.05) is 48.0 Å². The summed E-state index contributed by atoms with van der Waals surface area (Å²) in [5, 5.41) is 4.68. The Bertz CT molecular complexity index is 1020. The Kier molecular flexibility index (Phi) is 5.49. The fourth-order valence-electron chi connectivity index (χ4n) is 3.89. The van der Waals surface area contributed by atoms with Crippen LogP contribution >= 0.6 is 0 Å². The van der Waals surface area contributed by atoms with Crippen LogP contribution in [0.4, 0.5) is 0 Å². The molecule has 4 rings (SSSR count). The molecule has 5 nitrogen and oxygen atoms in total. The number of nitrogens with zero attached hydrogens (tertiary/aromatic N) is 3. The van der Waals surface area contributed by atoms with Gasteiger partial charge in [-0.05, 0) is 31.0 Å². The van der Waals surface area contributed by atoms with Gasteiger partial charge >= 0.3 is 0 Å². The number of carbonyl (C=O) groups is 1. The molecule has 150 valence electrons. The summed E-state index contributed by atoms with van der Waals surface area (Å²) in [6.45, 7) is 6.36. The van der Waals surface area contributed by atoms with Crippen molar-refractivity contribution in [3.8, 4) is 0 Å². The first-order chi connectivity index (χ1) is 14.0. The third-order valence-corrected chi connectivity index (χ3v) is 5.62. The van der Waals surface area contributed by atoms with Crippen LogP contribution in [-0.4, -0.2) is 27.1 Å². The van der Waals surface area contributed by atoms with Crippen LogP contribution in [0.1, 0.15) is 44.0 Å². The van der Waals surface area contributed by atoms with Gasteiger partial charge in [0.05, 0.1) is 18.9 Å². The van der Waals surface area contributed by atoms with Gasteiger partial charge in [0.25, 0.3) is 5.91 Å². The Morgan fingerprint density at radius 3 is 2.59 bits per heavy atom. The maximum absolute atomic E-state index is 13.0. The molecule has 1 aliphatic heterocycles. The van der Waals surface area contributed by atoms with Crippen LogP contribution in [0.15, 0.2) is 48.5 Å². The summed E-state index contributed by atoms with van der Waals surface area (Å²) in [6, 6.07) is 16.1. The lowest BCUT2D eigenvalue weighted by atomic mass is 10.0. The molecule has 0 atom stereocenters. The monoisotopic (exact) mass is 389 g/mol. The smallest absolute Gasteiger partial charge is 0.254 e. The van der Waals surface area contributed by atoms with E-state index in [1.165, 1.54) is 11.3 Å². The number of carbonyl (C=O) groups excluding carboxylic acids is 1. The molecular formula is C24H27N3O2. The Morgan fingerprint density at radius 1 is 1.07 bits per heavy atom. The summed E-state index contributed by atoms with van der Waals surface area (Å²) >= 11 is 0. The molecule has 2 aromatic carbocycles. The number of hydrogen-bond acceptors (Lipinski definition) is 3. The van der Waals surface area contributed by atoms with Crippen molar-refractivity contribution in [3.63, 3.8) is 0 Å². The second-order valence-corrected chi connectivity index (χ2v) is 7.77. The number of hydrogen-bond donors (Lipinski definition) is 0. The zero-order valence-electron chi connectivity index (χ0n) is 17.3. The van der Waals surface area contributed by atoms with Gasteiger partial charge in [-0.15, -0.1) is 0 Å². The quantitative estimate of drug-likeness (QED) is 0.664. The van der Waals surface area contributed by atoms with E-state index in [1.807, 2.05) is 47.8 Å². The van der Waals surface area contributed by atoms with Crippen LogP contribution in [0.25, 0.3) is 0 Å². The molecule has 1 aliphatic rings. The minimum absolute atomic E-state index is 0.0872. The molecule has 0 aliphatic carbocycles. The average Bonchev–Trinajstić information content (AvgIpc) is 3.04. The molecule has 0 N–H and O–H groups in total. The van der Waals surface area contributed by atoms with E-state index in [0.29, 0.717) is 26.3 Å². The van der Waals surface area contributed by atoms with Crippen LogP contribution in [0.2, 0.25) is 0 Å². The minimum Gasteiger partial charge on any atom is -0.370 e. The Morgan fingerprint density at radius 2 is 1.83 bits per heavy atom. The van der Waals surface area contributed by atoms with Crippen LogP contribution in [0, 0.1) is 13.8 Å². The standard InChI is InChI=1S/C24H27N3O2/c1-17-8-10-19(11-9-17)15-29-16-22-21-14-27(13-12-23(21)26(3)25-22)24(28)20-7-5-4-6-18(20)2/h4-11H,12-16H2,1-3H3. The van der Waals surface area contributed by atoms with E-state index in [0.717, 1.165) is 34.4 Å². The maximum Gasteiger partial charge on any atom is 0.254 e. The zero-order chi connectivity index (χ0) is 20.4. The molecule has 0 saturated carbocycles. The molecule has 2 heterocycles. The molecular weight excluding hydrogens is 362 g/mol. The van der Waals surface area contributed by atoms with Crippen molar-refractivity contribution >= 4 is 5.91 Å². The van der Waals surface area contributed by atoms with Crippen molar-refractivity contribution < 1.29 is 9.53 Å². The van der Waals surface area contributed by atoms with E-state index in [1.54, 1.807) is 0 Å². The zero-order valence-corrected chi connectivity index (χ0v) is 17.3. The molecule has 1 amide bonds. The number of benzene rings is 2. The number of amides is 1. The third-order valence-electron chi connectivity index (χ3n) is 5.62. The molecule has 0 saturated heterocycles. The third kappa shape index (κ3) is 4.10. The Hall–Kier alpha value is -2.92. The van der Waals surface area contributed by atoms with Gasteiger partial charge in [-0.3, -0.25) is 9.48 Å². The van der Waals surface area contributed by atoms with Crippen LogP contribution in [0.5, 0.6) is 0 Å². The molecule has 29 heavy (non-hydrogen) atoms. The minimum atomic E-state index is 0.0872. The van der Waals surface area contributed by atoms with Gasteiger partial charge in [0.15, 0.2) is 0 Å². The van der Waals surface area contributed by atoms with E-state index < -0.39 is 0 Å². The molecule has 0 fully saturated rings. The second kappa shape index (κ2) is 8.21. The average molecular weight is 389 g/mol. The number of fused-ring (bicyclic) bond motifs is 1. The molecule has 3 aromatic rings. The first-order valence-corrected chi connectivity index (χ1v) is 10.0. The summed E-state index contributed by atoms with van der Waals surface area (Å²) in [5.74, 6) is 0.0872. The molecule has 0 unspecified atom stereocenters. The lowest BCUT2D eigenvalue weighted by molar-refractivity contribution is 0.0727. The van der Waals surface area contributed by atoms with Crippen molar-refractivity contribution in [1.82, 2.24) is 14.7 Å². The summed E-state index contributed by atoms with van der Waals surface area (Å²) in [6.07, 6.45) is 0.814. The van der Waals surface area contributed by atoms with Crippen LogP contribution in [-0.2, 0) is 38.0 Å². The van der Waals surface area contributed by atoms with Crippen molar-refractivity contribution in [1.29, 1.82) is 0 Å². The van der Waals surface area contributed by atoms with Crippen molar-refractivity contribution in [2.75, 3.05) is 6.54 Å². The highest BCUT2D eigenvalue weighted by atomic mass is 16.5. The number of ether oxygens (including phenoxy) is 1. The molecule has 1 aromatic heterocycles. The largest absolute Gasteiger partial charge is 0.370 e. The summed E-state index contributed by atoms with van der Waals surface area (Å²) in [4.78, 5) is 15.0. The summed E-state index contributed by atoms with van der Waals surface area (Å²) < 4.78 is 7.89. The van der Waals surface area contributed by atoms with Gasteiger partial charge in [-0.2, -0.15) is 5.10 Å². The van der Waals surface area contributed by atoms with Gasteiger partial charge < -0.3 is 9.64 Å². The van der Waals surface area contributed by atoms with E-state index in [4.69, 9.17) is 4.74 Å². The van der Waals surface area contributed by atoms with E-state index >= 15 is 0 Å². The molecule has 0 spiro atoms. The molecule has 0 radical (unpaired) electrons. The molecule has 5 heteroatoms. The normalized spacial score (nSPS) is 13.4. The topological polar surface area (TPSA) is 47.4 Å². The number of aromatic nitrogens is 2. The fourth-order valence-corrected chi connectivity index (χ4v) is 3.89. The van der Waals surface area contributed by atoms with Crippen molar-refractivity contribution in [3.05, 3.63) is 87.7 Å². The highest BCUT2D eigenvalue weighted by molar-refractivity contribution is 5.95. The van der Waals surface area contributed by atoms with Gasteiger partial charge in [0.1, 0.15) is 0 Å². The highest BCUT2D eigenvalue weighted by Gasteiger charge is 2.27. The predicted molar refractivity (Wildman–Crippen MR) is 113 cm³/mol. The van der Waals surface area contributed by atoms with Crippen LogP contribution in [0.3, 0.4) is 0 Å². The first-order valence-electron chi connectivity index (χ1n) is 10.0. The summed E-state index contributed by atoms with van der Waals surface area (Å²) in [7, 11) is 1.97. The second-order valence-electron chi connectivity index (χ2n) is 7.77. The maximum atomic E-state index is 13.0. The number of rotatable bonds is 5. The highest BCUT2D eigenvalue weighted by Crippen LogP contribution is 2.25. The van der Waals surface area contributed by atoms with E-state index in [2.05, 4.69) is 36.3 Å². The van der Waals surface area contributed by atoms with Gasteiger partial charge in [-0.25, -0.2) is 0 Å². The molecule has 0 bridgehead atoms. The fraction of sp³-hybridized carbons (Fsp3) is 0.333. The van der Waals surface area contributed by atoms with Crippen LogP contribution < -0.4 is 0 Å². The Labute approximate surface area is 171 Å². The lowest BCUT2D eigenvalue weighted by Gasteiger charge is -2.28. The van der Waals surface area contributed by atoms with E-state index in [9.17, 15) is 4.79 Å². The Balaban J connectivity index is 1.47. The summed E-state index contributed by atoms with van der Waals surface area (Å²) in [5.41, 5.74) is 7.44. The van der Waals surface area contributed by atoms with Crippen molar-refractivity contribution in [2.45, 2.75) is 40.0 Å². The van der Waals surface area contributed by atoms with Gasteiger partial charge in [0, 0.05) is 43.4 Å². The lowest BCUT2D eigenvalue weighted by Crippen LogP contribution is -2.36.